The van der Waals surface area contributed by atoms with E-state index in [1.165, 1.54) is 47.1 Å². The summed E-state index contributed by atoms with van der Waals surface area (Å²) >= 11 is 0. The summed E-state index contributed by atoms with van der Waals surface area (Å²) in [7, 11) is 0. The van der Waals surface area contributed by atoms with E-state index >= 15 is 0 Å². The van der Waals surface area contributed by atoms with Gasteiger partial charge < -0.3 is 0 Å². The zero-order valence-corrected chi connectivity index (χ0v) is 18.3. The van der Waals surface area contributed by atoms with Gasteiger partial charge in [0, 0.05) is 10.8 Å². The number of fused-ring (bicyclic) bond motifs is 1. The monoisotopic (exact) mass is 360 g/mol. The van der Waals surface area contributed by atoms with Crippen molar-refractivity contribution in [2.75, 3.05) is 0 Å². The molecule has 1 unspecified atom stereocenters. The van der Waals surface area contributed by atoms with E-state index in [1.54, 1.807) is 5.56 Å². The Morgan fingerprint density at radius 3 is 2.07 bits per heavy atom. The van der Waals surface area contributed by atoms with Gasteiger partial charge >= 0.3 is 0 Å². The van der Waals surface area contributed by atoms with Crippen molar-refractivity contribution < 1.29 is 0 Å². The van der Waals surface area contributed by atoms with Crippen LogP contribution in [0.3, 0.4) is 0 Å². The third kappa shape index (κ3) is 3.64. The number of hydrogen-bond donors (Lipinski definition) is 0. The quantitative estimate of drug-likeness (QED) is 0.480. The maximum Gasteiger partial charge on any atom is 0.0206 e. The minimum atomic E-state index is 0.145. The Bertz CT molecular complexity index is 829. The molecule has 2 aromatic carbocycles. The second-order valence-corrected chi connectivity index (χ2v) is 9.28. The minimum Gasteiger partial charge on any atom is -0.0804 e. The van der Waals surface area contributed by atoms with Gasteiger partial charge in [-0.2, -0.15) is 0 Å². The Balaban J connectivity index is 0.000000659. The summed E-state index contributed by atoms with van der Waals surface area (Å²) in [5.74, 6) is 0.515. The van der Waals surface area contributed by atoms with Gasteiger partial charge in [0.05, 0.1) is 0 Å². The van der Waals surface area contributed by atoms with Crippen LogP contribution in [0.15, 0.2) is 48.6 Å². The van der Waals surface area contributed by atoms with Crippen LogP contribution in [-0.4, -0.2) is 0 Å². The second kappa shape index (κ2) is 7.30. The van der Waals surface area contributed by atoms with Crippen molar-refractivity contribution in [2.45, 2.75) is 84.5 Å². The second-order valence-electron chi connectivity index (χ2n) is 9.28. The van der Waals surface area contributed by atoms with Gasteiger partial charge in [0.1, 0.15) is 0 Å². The van der Waals surface area contributed by atoms with Crippen molar-refractivity contribution in [3.8, 4) is 0 Å². The van der Waals surface area contributed by atoms with E-state index in [1.807, 2.05) is 0 Å². The zero-order valence-electron chi connectivity index (χ0n) is 18.3. The van der Waals surface area contributed by atoms with Crippen LogP contribution in [0.4, 0.5) is 0 Å². The first-order valence-corrected chi connectivity index (χ1v) is 10.7. The van der Waals surface area contributed by atoms with Gasteiger partial charge in [0.25, 0.3) is 0 Å². The van der Waals surface area contributed by atoms with Crippen LogP contribution in [0, 0.1) is 13.8 Å². The topological polar surface area (TPSA) is 0 Å². The number of benzene rings is 2. The van der Waals surface area contributed by atoms with Crippen LogP contribution in [0.5, 0.6) is 0 Å². The molecule has 2 aliphatic rings. The van der Waals surface area contributed by atoms with Gasteiger partial charge in [0.15, 0.2) is 0 Å². The molecule has 0 nitrogen and oxygen atoms in total. The maximum absolute atomic E-state index is 2.54. The molecule has 0 aliphatic heterocycles. The summed E-state index contributed by atoms with van der Waals surface area (Å²) in [5, 5.41) is 0. The van der Waals surface area contributed by atoms with Gasteiger partial charge in [0.2, 0.25) is 0 Å². The normalized spacial score (nSPS) is 21.1. The standard InChI is InChI=1S/C24H28.C3H8/c1-16-6-8-19(9-7-16)24(12-13-24)21-15-20-17(2)10-11-23(4,5)22(20)14-18(21)3;1-3-2/h6-11,14-15,17H,12-13H2,1-5H3;3H2,1-2H3. The highest BCUT2D eigenvalue weighted by molar-refractivity contribution is 5.55. The summed E-state index contributed by atoms with van der Waals surface area (Å²) < 4.78 is 0. The number of allylic oxidation sites excluding steroid dienone is 2. The average Bonchev–Trinajstić information content (AvgIpc) is 3.41. The molecule has 0 spiro atoms. The number of aryl methyl sites for hydroxylation is 2. The Labute approximate surface area is 166 Å². The smallest absolute Gasteiger partial charge is 0.0206 e. The highest BCUT2D eigenvalue weighted by Gasteiger charge is 2.47. The van der Waals surface area contributed by atoms with Gasteiger partial charge in [-0.25, -0.2) is 0 Å². The fourth-order valence-electron chi connectivity index (χ4n) is 4.46. The molecule has 0 heteroatoms. The summed E-state index contributed by atoms with van der Waals surface area (Å²) in [5.41, 5.74) is 9.31. The van der Waals surface area contributed by atoms with E-state index < -0.39 is 0 Å². The fraction of sp³-hybridized carbons (Fsp3) is 0.481. The molecule has 144 valence electrons. The molecule has 1 atom stereocenters. The lowest BCUT2D eigenvalue weighted by Gasteiger charge is -2.33. The molecular weight excluding hydrogens is 324 g/mol. The molecule has 0 heterocycles. The fourth-order valence-corrected chi connectivity index (χ4v) is 4.46. The van der Waals surface area contributed by atoms with Crippen molar-refractivity contribution in [3.63, 3.8) is 0 Å². The molecular formula is C27H36. The van der Waals surface area contributed by atoms with Crippen LogP contribution in [0.25, 0.3) is 0 Å². The van der Waals surface area contributed by atoms with Gasteiger partial charge in [-0.05, 0) is 60.4 Å². The first-order chi connectivity index (χ1) is 12.7. The Morgan fingerprint density at radius 1 is 0.926 bits per heavy atom. The summed E-state index contributed by atoms with van der Waals surface area (Å²) in [4.78, 5) is 0. The highest BCUT2D eigenvalue weighted by atomic mass is 14.5. The third-order valence-electron chi connectivity index (χ3n) is 6.25. The Hall–Kier alpha value is -1.82. The van der Waals surface area contributed by atoms with Crippen molar-refractivity contribution in [1.29, 1.82) is 0 Å². The molecule has 2 aromatic rings. The van der Waals surface area contributed by atoms with Crippen molar-refractivity contribution in [2.24, 2.45) is 0 Å². The number of hydrogen-bond acceptors (Lipinski definition) is 0. The van der Waals surface area contributed by atoms with E-state index in [2.05, 4.69) is 97.0 Å². The van der Waals surface area contributed by atoms with Crippen LogP contribution in [-0.2, 0) is 10.8 Å². The van der Waals surface area contributed by atoms with E-state index in [0.29, 0.717) is 5.92 Å². The van der Waals surface area contributed by atoms with E-state index in [0.717, 1.165) is 0 Å². The first kappa shape index (κ1) is 19.9. The SMILES string of the molecule is CCC.Cc1ccc(C2(c3cc4c(cc3C)C(C)(C)C=CC4C)CC2)cc1. The number of rotatable bonds is 2. The minimum absolute atomic E-state index is 0.145. The van der Waals surface area contributed by atoms with Crippen LogP contribution >= 0.6 is 0 Å². The van der Waals surface area contributed by atoms with Crippen LogP contribution < -0.4 is 0 Å². The maximum atomic E-state index is 2.54. The lowest BCUT2D eigenvalue weighted by atomic mass is 9.71. The lowest BCUT2D eigenvalue weighted by molar-refractivity contribution is 0.628. The summed E-state index contributed by atoms with van der Waals surface area (Å²) in [6.45, 7) is 15.7. The third-order valence-corrected chi connectivity index (χ3v) is 6.25. The predicted octanol–water partition coefficient (Wildman–Crippen LogP) is 7.75. The predicted molar refractivity (Wildman–Crippen MR) is 119 cm³/mol. The molecule has 0 saturated heterocycles. The molecule has 4 rings (SSSR count). The van der Waals surface area contributed by atoms with E-state index in [-0.39, 0.29) is 10.8 Å². The lowest BCUT2D eigenvalue weighted by Crippen LogP contribution is -2.23. The summed E-state index contributed by atoms with van der Waals surface area (Å²) in [6.07, 6.45) is 8.57. The van der Waals surface area contributed by atoms with Gasteiger partial charge in [-0.3, -0.25) is 0 Å². The Morgan fingerprint density at radius 2 is 1.52 bits per heavy atom. The Kier molecular flexibility index (Phi) is 5.39. The van der Waals surface area contributed by atoms with Gasteiger partial charge in [-0.1, -0.05) is 95.2 Å². The average molecular weight is 361 g/mol. The van der Waals surface area contributed by atoms with Crippen molar-refractivity contribution >= 4 is 0 Å². The van der Waals surface area contributed by atoms with E-state index in [9.17, 15) is 0 Å². The summed E-state index contributed by atoms with van der Waals surface area (Å²) in [6, 6.07) is 14.2. The molecule has 0 N–H and O–H groups in total. The molecule has 0 radical (unpaired) electrons. The molecule has 0 bridgehead atoms. The molecule has 0 aromatic heterocycles. The van der Waals surface area contributed by atoms with Crippen molar-refractivity contribution in [1.82, 2.24) is 0 Å². The molecule has 2 aliphatic carbocycles. The molecule has 27 heavy (non-hydrogen) atoms. The molecule has 1 saturated carbocycles. The largest absolute Gasteiger partial charge is 0.0804 e. The van der Waals surface area contributed by atoms with Crippen molar-refractivity contribution in [3.05, 3.63) is 81.9 Å². The van der Waals surface area contributed by atoms with E-state index in [4.69, 9.17) is 0 Å². The molecule has 0 amide bonds. The van der Waals surface area contributed by atoms with Gasteiger partial charge in [-0.15, -0.1) is 0 Å². The van der Waals surface area contributed by atoms with Crippen LogP contribution in [0.2, 0.25) is 0 Å². The highest BCUT2D eigenvalue weighted by Crippen LogP contribution is 2.55. The zero-order chi connectivity index (χ0) is 19.8. The molecule has 1 fully saturated rings. The van der Waals surface area contributed by atoms with Crippen LogP contribution in [0.1, 0.15) is 93.2 Å². The first-order valence-electron chi connectivity index (χ1n) is 10.7.